The average Bonchev–Trinajstić information content (AvgIpc) is 3.18. The second kappa shape index (κ2) is 8.24. The maximum Gasteiger partial charge on any atom is 0.0991 e. The van der Waals surface area contributed by atoms with E-state index in [4.69, 9.17) is 5.26 Å². The van der Waals surface area contributed by atoms with E-state index in [1.807, 2.05) is 24.3 Å². The van der Waals surface area contributed by atoms with Crippen LogP contribution in [0.5, 0.6) is 0 Å². The van der Waals surface area contributed by atoms with Gasteiger partial charge in [0.1, 0.15) is 0 Å². The zero-order chi connectivity index (χ0) is 18.5. The molecule has 3 aromatic rings. The Balaban J connectivity index is 1.36. The first-order chi connectivity index (χ1) is 13.3. The molecule has 0 amide bonds. The van der Waals surface area contributed by atoms with Crippen molar-refractivity contribution in [3.8, 4) is 11.8 Å². The lowest BCUT2D eigenvalue weighted by molar-refractivity contribution is 0.174. The van der Waals surface area contributed by atoms with Crippen molar-refractivity contribution in [1.82, 2.24) is 9.47 Å². The number of hydrogen-bond acceptors (Lipinski definition) is 2. The molecule has 136 valence electrons. The van der Waals surface area contributed by atoms with E-state index in [9.17, 15) is 0 Å². The summed E-state index contributed by atoms with van der Waals surface area (Å²) in [4.78, 5) is 2.57. The number of likely N-dealkylation sites (tertiary alicyclic amines) is 1. The van der Waals surface area contributed by atoms with Crippen LogP contribution < -0.4 is 0 Å². The van der Waals surface area contributed by atoms with Gasteiger partial charge in [-0.3, -0.25) is 4.90 Å². The molecule has 0 spiro atoms. The van der Waals surface area contributed by atoms with Gasteiger partial charge in [-0.05, 0) is 80.2 Å². The molecule has 4 rings (SSSR count). The Morgan fingerprint density at radius 2 is 1.63 bits per heavy atom. The molecule has 0 N–H and O–H groups in total. The minimum Gasteiger partial charge on any atom is -0.320 e. The first-order valence-corrected chi connectivity index (χ1v) is 9.75. The monoisotopic (exact) mass is 355 g/mol. The summed E-state index contributed by atoms with van der Waals surface area (Å²) in [7, 11) is 0. The van der Waals surface area contributed by atoms with E-state index in [2.05, 4.69) is 64.2 Å². The predicted molar refractivity (Wildman–Crippen MR) is 109 cm³/mol. The molecule has 0 unspecified atom stereocenters. The minimum atomic E-state index is 0.702. The average molecular weight is 355 g/mol. The summed E-state index contributed by atoms with van der Waals surface area (Å²) in [5.41, 5.74) is 4.59. The molecular formula is C24H25N3. The summed E-state index contributed by atoms with van der Waals surface area (Å²) in [5, 5.41) is 8.98. The Hall–Kier alpha value is -2.83. The topological polar surface area (TPSA) is 32.0 Å². The lowest BCUT2D eigenvalue weighted by Crippen LogP contribution is -2.34. The molecule has 1 aliphatic heterocycles. The summed E-state index contributed by atoms with van der Waals surface area (Å²) in [6.07, 6.45) is 5.86. The van der Waals surface area contributed by atoms with Gasteiger partial charge in [-0.25, -0.2) is 0 Å². The summed E-state index contributed by atoms with van der Waals surface area (Å²) in [5.74, 6) is 0.800. The van der Waals surface area contributed by atoms with Crippen LogP contribution in [0.2, 0.25) is 0 Å². The molecule has 0 atom stereocenters. The Morgan fingerprint density at radius 1 is 0.889 bits per heavy atom. The van der Waals surface area contributed by atoms with Gasteiger partial charge < -0.3 is 4.57 Å². The molecule has 1 aromatic heterocycles. The van der Waals surface area contributed by atoms with Crippen LogP contribution >= 0.6 is 0 Å². The molecule has 0 aliphatic carbocycles. The molecule has 0 bridgehead atoms. The number of nitriles is 1. The fourth-order valence-corrected chi connectivity index (χ4v) is 4.02. The van der Waals surface area contributed by atoms with Gasteiger partial charge in [-0.1, -0.05) is 30.3 Å². The zero-order valence-electron chi connectivity index (χ0n) is 15.6. The van der Waals surface area contributed by atoms with E-state index in [0.29, 0.717) is 5.56 Å². The molecule has 1 aliphatic rings. The highest BCUT2D eigenvalue weighted by molar-refractivity contribution is 5.41. The molecule has 0 radical (unpaired) electrons. The Morgan fingerprint density at radius 3 is 2.33 bits per heavy atom. The number of hydrogen-bond donors (Lipinski definition) is 0. The van der Waals surface area contributed by atoms with Crippen molar-refractivity contribution in [2.75, 3.05) is 13.1 Å². The number of rotatable bonds is 5. The molecule has 2 heterocycles. The summed E-state index contributed by atoms with van der Waals surface area (Å²) >= 11 is 0. The van der Waals surface area contributed by atoms with Crippen molar-refractivity contribution in [3.05, 3.63) is 89.7 Å². The molecule has 0 saturated carbocycles. The van der Waals surface area contributed by atoms with Crippen LogP contribution in [0.15, 0.2) is 72.9 Å². The highest BCUT2D eigenvalue weighted by Gasteiger charge is 2.20. The lowest BCUT2D eigenvalue weighted by Gasteiger charge is -2.32. The van der Waals surface area contributed by atoms with Gasteiger partial charge in [0.25, 0.3) is 0 Å². The van der Waals surface area contributed by atoms with Gasteiger partial charge in [0.2, 0.25) is 0 Å². The van der Waals surface area contributed by atoms with Crippen molar-refractivity contribution >= 4 is 0 Å². The van der Waals surface area contributed by atoms with E-state index < -0.39 is 0 Å². The quantitative estimate of drug-likeness (QED) is 0.658. The van der Waals surface area contributed by atoms with E-state index in [1.165, 1.54) is 30.5 Å². The third-order valence-electron chi connectivity index (χ3n) is 5.57. The normalized spacial score (nSPS) is 15.5. The molecule has 1 saturated heterocycles. The van der Waals surface area contributed by atoms with Crippen LogP contribution in [0.25, 0.3) is 5.69 Å². The SMILES string of the molecule is N#Cc1ccc(-n2cccc2CN2CCC(Cc3ccccc3)CC2)cc1. The predicted octanol–water partition coefficient (Wildman–Crippen LogP) is 4.80. The first-order valence-electron chi connectivity index (χ1n) is 9.75. The number of aromatic nitrogens is 1. The highest BCUT2D eigenvalue weighted by atomic mass is 15.1. The Bertz CT molecular complexity index is 895. The summed E-state index contributed by atoms with van der Waals surface area (Å²) < 4.78 is 2.23. The lowest BCUT2D eigenvalue weighted by atomic mass is 9.90. The fraction of sp³-hybridized carbons (Fsp3) is 0.292. The van der Waals surface area contributed by atoms with E-state index in [1.54, 1.807) is 0 Å². The van der Waals surface area contributed by atoms with E-state index in [0.717, 1.165) is 31.2 Å². The summed E-state index contributed by atoms with van der Waals surface area (Å²) in [6, 6.07) is 25.2. The van der Waals surface area contributed by atoms with Crippen LogP contribution in [0.3, 0.4) is 0 Å². The van der Waals surface area contributed by atoms with Crippen LogP contribution in [-0.4, -0.2) is 22.6 Å². The third-order valence-corrected chi connectivity index (χ3v) is 5.57. The minimum absolute atomic E-state index is 0.702. The Labute approximate surface area is 161 Å². The molecule has 3 nitrogen and oxygen atoms in total. The smallest absolute Gasteiger partial charge is 0.0991 e. The van der Waals surface area contributed by atoms with Crippen molar-refractivity contribution in [1.29, 1.82) is 5.26 Å². The van der Waals surface area contributed by atoms with E-state index >= 15 is 0 Å². The van der Waals surface area contributed by atoms with Crippen molar-refractivity contribution in [2.24, 2.45) is 5.92 Å². The second-order valence-electron chi connectivity index (χ2n) is 7.44. The number of piperidine rings is 1. The van der Waals surface area contributed by atoms with Gasteiger partial charge in [-0.15, -0.1) is 0 Å². The molecule has 27 heavy (non-hydrogen) atoms. The fourth-order valence-electron chi connectivity index (χ4n) is 4.02. The zero-order valence-corrected chi connectivity index (χ0v) is 15.6. The van der Waals surface area contributed by atoms with Gasteiger partial charge in [0, 0.05) is 24.1 Å². The highest BCUT2D eigenvalue weighted by Crippen LogP contribution is 2.23. The summed E-state index contributed by atoms with van der Waals surface area (Å²) in [6.45, 7) is 3.30. The van der Waals surface area contributed by atoms with Crippen molar-refractivity contribution in [2.45, 2.75) is 25.8 Å². The van der Waals surface area contributed by atoms with Gasteiger partial charge in [0.05, 0.1) is 11.6 Å². The van der Waals surface area contributed by atoms with Gasteiger partial charge in [-0.2, -0.15) is 5.26 Å². The van der Waals surface area contributed by atoms with E-state index in [-0.39, 0.29) is 0 Å². The van der Waals surface area contributed by atoms with Crippen molar-refractivity contribution < 1.29 is 0 Å². The number of nitrogens with zero attached hydrogens (tertiary/aromatic N) is 3. The Kier molecular flexibility index (Phi) is 5.37. The molecule has 2 aromatic carbocycles. The van der Waals surface area contributed by atoms with Gasteiger partial charge >= 0.3 is 0 Å². The molecular weight excluding hydrogens is 330 g/mol. The van der Waals surface area contributed by atoms with Gasteiger partial charge in [0.15, 0.2) is 0 Å². The maximum atomic E-state index is 8.98. The van der Waals surface area contributed by atoms with Crippen LogP contribution in [0, 0.1) is 17.2 Å². The molecule has 1 fully saturated rings. The maximum absolute atomic E-state index is 8.98. The first kappa shape index (κ1) is 17.6. The van der Waals surface area contributed by atoms with Crippen LogP contribution in [0.1, 0.15) is 29.7 Å². The molecule has 3 heteroatoms. The van der Waals surface area contributed by atoms with Crippen LogP contribution in [0.4, 0.5) is 0 Å². The third kappa shape index (κ3) is 4.30. The van der Waals surface area contributed by atoms with Crippen LogP contribution in [-0.2, 0) is 13.0 Å². The second-order valence-corrected chi connectivity index (χ2v) is 7.44. The van der Waals surface area contributed by atoms with Crippen molar-refractivity contribution in [3.63, 3.8) is 0 Å². The standard InChI is InChI=1S/C24H25N3/c25-18-22-8-10-23(11-9-22)27-14-4-7-24(27)19-26-15-12-21(13-16-26)17-20-5-2-1-3-6-20/h1-11,14,21H,12-13,15-17,19H2. The largest absolute Gasteiger partial charge is 0.320 e. The number of benzene rings is 2.